The van der Waals surface area contributed by atoms with Crippen LogP contribution in [0.4, 0.5) is 11.4 Å². The first-order chi connectivity index (χ1) is 23.1. The minimum Gasteiger partial charge on any atom is -0.493 e. The summed E-state index contributed by atoms with van der Waals surface area (Å²) in [6, 6.07) is 12.0. The standard InChI is InChI=1S/C32H28N4O11S/c1-5-45-24-11-8-19(15-27(24)46-6-2)29-21(31(38)44-4)17-33-32-34(29)30(37)28(48-32)14-18-7-10-25(26(13-18)43-3)47-23-12-9-20(35(39)40)16-22(23)36(41)42/h7-17,29H,5-6H2,1-4H3/b28-14-/t29-/m0/s1. The van der Waals surface area contributed by atoms with Gasteiger partial charge in [0.05, 0.1) is 59.5 Å². The molecular formula is C32H28N4O11S. The molecule has 5 rings (SSSR count). The van der Waals surface area contributed by atoms with Crippen molar-refractivity contribution < 1.29 is 38.3 Å². The minimum atomic E-state index is -0.881. The Bertz CT molecular complexity index is 2140. The highest BCUT2D eigenvalue weighted by Crippen LogP contribution is 2.39. The number of non-ortho nitro benzene ring substituents is 1. The van der Waals surface area contributed by atoms with Gasteiger partial charge in [0, 0.05) is 12.3 Å². The maximum Gasteiger partial charge on any atom is 0.337 e. The largest absolute Gasteiger partial charge is 0.493 e. The maximum absolute atomic E-state index is 14.0. The van der Waals surface area contributed by atoms with Crippen molar-refractivity contribution in [3.05, 3.63) is 117 Å². The van der Waals surface area contributed by atoms with Gasteiger partial charge in [-0.3, -0.25) is 29.6 Å². The molecule has 4 aromatic rings. The van der Waals surface area contributed by atoms with Crippen molar-refractivity contribution in [1.29, 1.82) is 0 Å². The topological polar surface area (TPSA) is 184 Å². The third-order valence-electron chi connectivity index (χ3n) is 7.06. The smallest absolute Gasteiger partial charge is 0.337 e. The van der Waals surface area contributed by atoms with Gasteiger partial charge in [-0.15, -0.1) is 0 Å². The normalized spacial score (nSPS) is 13.9. The van der Waals surface area contributed by atoms with Gasteiger partial charge in [0.15, 0.2) is 27.8 Å². The molecule has 0 spiro atoms. The number of rotatable bonds is 12. The number of thiazole rings is 1. The van der Waals surface area contributed by atoms with Crippen LogP contribution in [0.2, 0.25) is 0 Å². The van der Waals surface area contributed by atoms with Gasteiger partial charge in [-0.1, -0.05) is 23.5 Å². The van der Waals surface area contributed by atoms with E-state index in [1.807, 2.05) is 13.8 Å². The van der Waals surface area contributed by atoms with Crippen LogP contribution in [-0.2, 0) is 9.53 Å². The van der Waals surface area contributed by atoms with Crippen LogP contribution in [0, 0.1) is 20.2 Å². The van der Waals surface area contributed by atoms with E-state index >= 15 is 0 Å². The number of benzene rings is 3. The summed E-state index contributed by atoms with van der Waals surface area (Å²) in [5.41, 5.74) is -0.248. The first kappa shape index (κ1) is 33.3. The Morgan fingerprint density at radius 3 is 2.29 bits per heavy atom. The van der Waals surface area contributed by atoms with Crippen molar-refractivity contribution in [2.24, 2.45) is 4.99 Å². The van der Waals surface area contributed by atoms with E-state index in [-0.39, 0.29) is 27.4 Å². The zero-order valence-electron chi connectivity index (χ0n) is 26.0. The molecule has 0 radical (unpaired) electrons. The molecule has 48 heavy (non-hydrogen) atoms. The van der Waals surface area contributed by atoms with E-state index in [9.17, 15) is 29.8 Å². The Labute approximate surface area is 275 Å². The minimum absolute atomic E-state index is 0.0939. The molecule has 1 atom stereocenters. The van der Waals surface area contributed by atoms with Gasteiger partial charge < -0.3 is 23.7 Å². The first-order valence-corrected chi connectivity index (χ1v) is 15.2. The van der Waals surface area contributed by atoms with E-state index in [2.05, 4.69) is 4.99 Å². The molecule has 1 aromatic heterocycles. The van der Waals surface area contributed by atoms with Crippen molar-refractivity contribution in [2.45, 2.75) is 19.9 Å². The molecule has 1 aliphatic rings. The zero-order chi connectivity index (χ0) is 34.5. The zero-order valence-corrected chi connectivity index (χ0v) is 26.8. The highest BCUT2D eigenvalue weighted by Gasteiger charge is 2.31. The first-order valence-electron chi connectivity index (χ1n) is 14.4. The monoisotopic (exact) mass is 676 g/mol. The number of carbonyl (C=O) groups is 1. The van der Waals surface area contributed by atoms with Crippen molar-refractivity contribution in [1.82, 2.24) is 4.57 Å². The molecule has 0 unspecified atom stereocenters. The number of nitro groups is 2. The van der Waals surface area contributed by atoms with Crippen molar-refractivity contribution in [3.63, 3.8) is 0 Å². The van der Waals surface area contributed by atoms with Crippen molar-refractivity contribution in [3.8, 4) is 28.7 Å². The highest BCUT2D eigenvalue weighted by atomic mass is 32.1. The van der Waals surface area contributed by atoms with Gasteiger partial charge >= 0.3 is 11.7 Å². The Morgan fingerprint density at radius 2 is 1.62 bits per heavy atom. The summed E-state index contributed by atoms with van der Waals surface area (Å²) in [5.74, 6) is 0.355. The van der Waals surface area contributed by atoms with Gasteiger partial charge in [-0.05, 0) is 61.4 Å². The van der Waals surface area contributed by atoms with E-state index in [1.165, 1.54) is 31.1 Å². The van der Waals surface area contributed by atoms with Crippen LogP contribution in [0.15, 0.2) is 76.2 Å². The fourth-order valence-electron chi connectivity index (χ4n) is 4.96. The Balaban J connectivity index is 1.56. The average molecular weight is 677 g/mol. The average Bonchev–Trinajstić information content (AvgIpc) is 3.39. The molecule has 0 saturated carbocycles. The Hall–Kier alpha value is -6.03. The molecule has 248 valence electrons. The van der Waals surface area contributed by atoms with Crippen molar-refractivity contribution in [2.75, 3.05) is 27.4 Å². The number of methoxy groups -OCH3 is 2. The number of carbonyl (C=O) groups excluding carboxylic acids is 1. The molecule has 3 aromatic carbocycles. The number of aromatic nitrogens is 1. The van der Waals surface area contributed by atoms with Crippen LogP contribution in [0.5, 0.6) is 28.7 Å². The number of hydrogen-bond donors (Lipinski definition) is 0. The number of hydrogen-bond acceptors (Lipinski definition) is 13. The van der Waals surface area contributed by atoms with Gasteiger partial charge in [-0.25, -0.2) is 9.79 Å². The molecule has 0 saturated heterocycles. The number of ether oxygens (including phenoxy) is 5. The SMILES string of the molecule is CCOc1ccc([C@H]2C(C(=O)OC)=CN=c3s/c(=C\c4ccc(Oc5ccc([N+](=O)[O-])cc5[N+](=O)[O-])c(OC)c4)c(=O)n32)cc1OCC. The van der Waals surface area contributed by atoms with Crippen LogP contribution in [-0.4, -0.2) is 47.8 Å². The van der Waals surface area contributed by atoms with Crippen molar-refractivity contribution >= 4 is 34.8 Å². The predicted octanol–water partition coefficient (Wildman–Crippen LogP) is 4.43. The van der Waals surface area contributed by atoms with Gasteiger partial charge in [-0.2, -0.15) is 0 Å². The third-order valence-corrected chi connectivity index (χ3v) is 8.06. The lowest BCUT2D eigenvalue weighted by molar-refractivity contribution is -0.394. The van der Waals surface area contributed by atoms with E-state index in [0.717, 1.165) is 29.5 Å². The lowest BCUT2D eigenvalue weighted by atomic mass is 9.97. The number of nitro benzene ring substituents is 2. The van der Waals surface area contributed by atoms with Gasteiger partial charge in [0.1, 0.15) is 0 Å². The van der Waals surface area contributed by atoms with E-state index < -0.39 is 38.8 Å². The molecule has 2 heterocycles. The maximum atomic E-state index is 14.0. The molecule has 16 heteroatoms. The van der Waals surface area contributed by atoms with E-state index in [0.29, 0.717) is 40.6 Å². The summed E-state index contributed by atoms with van der Waals surface area (Å²) in [7, 11) is 2.61. The third kappa shape index (κ3) is 6.59. The summed E-state index contributed by atoms with van der Waals surface area (Å²) < 4.78 is 29.4. The molecule has 15 nitrogen and oxygen atoms in total. The molecule has 0 bridgehead atoms. The fourth-order valence-corrected chi connectivity index (χ4v) is 5.93. The summed E-state index contributed by atoms with van der Waals surface area (Å²) >= 11 is 1.10. The van der Waals surface area contributed by atoms with Crippen LogP contribution < -0.4 is 33.8 Å². The predicted molar refractivity (Wildman–Crippen MR) is 173 cm³/mol. The van der Waals surface area contributed by atoms with Crippen LogP contribution in [0.3, 0.4) is 0 Å². The number of fused-ring (bicyclic) bond motifs is 1. The van der Waals surface area contributed by atoms with Gasteiger partial charge in [0.25, 0.3) is 11.2 Å². The lowest BCUT2D eigenvalue weighted by Gasteiger charge is -2.23. The fraction of sp³-hybridized carbons (Fsp3) is 0.219. The van der Waals surface area contributed by atoms with E-state index in [4.69, 9.17) is 23.7 Å². The quantitative estimate of drug-likeness (QED) is 0.117. The number of esters is 1. The summed E-state index contributed by atoms with van der Waals surface area (Å²) in [4.78, 5) is 52.7. The Morgan fingerprint density at radius 1 is 0.917 bits per heavy atom. The lowest BCUT2D eigenvalue weighted by Crippen LogP contribution is -2.39. The second kappa shape index (κ2) is 14.2. The van der Waals surface area contributed by atoms with Crippen LogP contribution in [0.1, 0.15) is 31.0 Å². The molecule has 0 aliphatic carbocycles. The van der Waals surface area contributed by atoms with E-state index in [1.54, 1.807) is 36.4 Å². The highest BCUT2D eigenvalue weighted by molar-refractivity contribution is 7.07. The second-order valence-corrected chi connectivity index (χ2v) is 10.9. The number of nitrogens with zero attached hydrogens (tertiary/aromatic N) is 4. The summed E-state index contributed by atoms with van der Waals surface area (Å²) in [5, 5.41) is 22.7. The Kier molecular flexibility index (Phi) is 9.84. The molecule has 0 N–H and O–H groups in total. The van der Waals surface area contributed by atoms with Gasteiger partial charge in [0.2, 0.25) is 5.75 Å². The summed E-state index contributed by atoms with van der Waals surface area (Å²) in [6.07, 6.45) is 2.99. The molecular weight excluding hydrogens is 648 g/mol. The molecule has 0 fully saturated rings. The summed E-state index contributed by atoms with van der Waals surface area (Å²) in [6.45, 7) is 4.46. The molecule has 0 amide bonds. The molecule has 1 aliphatic heterocycles. The van der Waals surface area contributed by atoms with Crippen LogP contribution in [0.25, 0.3) is 6.08 Å². The van der Waals surface area contributed by atoms with Crippen LogP contribution >= 0.6 is 11.3 Å². The second-order valence-electron chi connectivity index (χ2n) is 9.93.